The fraction of sp³-hybridized carbons (Fsp3) is 0.600. The number of rotatable bonds is 2. The summed E-state index contributed by atoms with van der Waals surface area (Å²) in [5, 5.41) is 8.92. The molecule has 1 rings (SSSR count). The number of carbonyl (C=O) groups excluding carboxylic acids is 1. The van der Waals surface area contributed by atoms with E-state index in [1.54, 1.807) is 6.08 Å². The number of hydrogen-bond acceptors (Lipinski definition) is 2. The summed E-state index contributed by atoms with van der Waals surface area (Å²) in [6, 6.07) is 2.15. The molecule has 1 aliphatic rings. The van der Waals surface area contributed by atoms with Gasteiger partial charge in [0.05, 0.1) is 6.07 Å². The molecule has 0 aromatic rings. The number of allylic oxidation sites excluding steroid dienone is 1. The monoisotopic (exact) mass is 163 g/mol. The Kier molecular flexibility index (Phi) is 2.65. The van der Waals surface area contributed by atoms with Crippen LogP contribution in [0.3, 0.4) is 0 Å². The van der Waals surface area contributed by atoms with Crippen molar-refractivity contribution in [2.24, 2.45) is 5.41 Å². The third-order valence-corrected chi connectivity index (χ3v) is 2.50. The molecule has 0 saturated heterocycles. The van der Waals surface area contributed by atoms with Gasteiger partial charge < -0.3 is 0 Å². The van der Waals surface area contributed by atoms with Crippen LogP contribution in [-0.2, 0) is 4.79 Å². The van der Waals surface area contributed by atoms with E-state index in [0.717, 1.165) is 12.8 Å². The zero-order chi connectivity index (χ0) is 9.03. The Morgan fingerprint density at radius 2 is 2.42 bits per heavy atom. The highest BCUT2D eigenvalue weighted by atomic mass is 16.1. The first-order valence-electron chi connectivity index (χ1n) is 4.30. The van der Waals surface area contributed by atoms with Crippen molar-refractivity contribution in [1.29, 1.82) is 5.26 Å². The van der Waals surface area contributed by atoms with Crippen molar-refractivity contribution in [3.8, 4) is 6.07 Å². The predicted molar refractivity (Wildman–Crippen MR) is 46.3 cm³/mol. The van der Waals surface area contributed by atoms with Gasteiger partial charge in [-0.3, -0.25) is 4.79 Å². The summed E-state index contributed by atoms with van der Waals surface area (Å²) in [6.45, 7) is 3.58. The van der Waals surface area contributed by atoms with E-state index in [1.807, 2.05) is 0 Å². The summed E-state index contributed by atoms with van der Waals surface area (Å²) < 4.78 is 0. The van der Waals surface area contributed by atoms with Crippen molar-refractivity contribution in [1.82, 2.24) is 0 Å². The Labute approximate surface area is 72.9 Å². The first-order chi connectivity index (χ1) is 5.75. The van der Waals surface area contributed by atoms with E-state index in [2.05, 4.69) is 12.6 Å². The summed E-state index contributed by atoms with van der Waals surface area (Å²) in [5.41, 5.74) is -0.722. The maximum atomic E-state index is 11.5. The molecule has 1 fully saturated rings. The third-order valence-electron chi connectivity index (χ3n) is 2.50. The molecule has 0 heterocycles. The lowest BCUT2D eigenvalue weighted by molar-refractivity contribution is -0.127. The van der Waals surface area contributed by atoms with Crippen molar-refractivity contribution in [2.45, 2.75) is 32.1 Å². The molecule has 0 aromatic carbocycles. The van der Waals surface area contributed by atoms with E-state index in [1.165, 1.54) is 0 Å². The van der Waals surface area contributed by atoms with Crippen molar-refractivity contribution in [3.63, 3.8) is 0 Å². The second-order valence-corrected chi connectivity index (χ2v) is 3.32. The summed E-state index contributed by atoms with van der Waals surface area (Å²) in [6.07, 6.45) is 5.41. The molecule has 2 nitrogen and oxygen atoms in total. The zero-order valence-corrected chi connectivity index (χ0v) is 7.18. The molecule has 0 amide bonds. The smallest absolute Gasteiger partial charge is 0.153 e. The minimum Gasteiger partial charge on any atom is -0.298 e. The van der Waals surface area contributed by atoms with Gasteiger partial charge in [-0.2, -0.15) is 5.26 Å². The summed E-state index contributed by atoms with van der Waals surface area (Å²) in [5.74, 6) is 0.108. The second-order valence-electron chi connectivity index (χ2n) is 3.32. The molecule has 1 saturated carbocycles. The quantitative estimate of drug-likeness (QED) is 0.585. The van der Waals surface area contributed by atoms with Gasteiger partial charge in [0.2, 0.25) is 0 Å². The van der Waals surface area contributed by atoms with Gasteiger partial charge in [-0.05, 0) is 19.3 Å². The Morgan fingerprint density at radius 3 is 2.92 bits per heavy atom. The standard InChI is InChI=1S/C10H13NO/c1-2-6-10(8-11)7-4-3-5-9(10)12/h2H,1,3-7H2/t10-/m0/s1. The maximum absolute atomic E-state index is 11.5. The largest absolute Gasteiger partial charge is 0.298 e. The van der Waals surface area contributed by atoms with E-state index in [0.29, 0.717) is 19.3 Å². The van der Waals surface area contributed by atoms with Gasteiger partial charge in [-0.1, -0.05) is 12.5 Å². The molecular weight excluding hydrogens is 150 g/mol. The Hall–Kier alpha value is -1.10. The van der Waals surface area contributed by atoms with E-state index < -0.39 is 5.41 Å². The minimum absolute atomic E-state index is 0.108. The number of nitriles is 1. The lowest BCUT2D eigenvalue weighted by atomic mass is 9.72. The van der Waals surface area contributed by atoms with Crippen LogP contribution in [0.2, 0.25) is 0 Å². The number of Topliss-reactive ketones (excluding diaryl/α,β-unsaturated/α-hetero) is 1. The normalized spacial score (nSPS) is 29.4. The average molecular weight is 163 g/mol. The van der Waals surface area contributed by atoms with Crippen molar-refractivity contribution >= 4 is 5.78 Å². The highest BCUT2D eigenvalue weighted by Gasteiger charge is 2.38. The molecule has 1 atom stereocenters. The summed E-state index contributed by atoms with van der Waals surface area (Å²) >= 11 is 0. The van der Waals surface area contributed by atoms with Crippen LogP contribution in [0.15, 0.2) is 12.7 Å². The molecule has 0 aliphatic heterocycles. The average Bonchev–Trinajstić information content (AvgIpc) is 2.10. The number of ketones is 1. The minimum atomic E-state index is -0.722. The summed E-state index contributed by atoms with van der Waals surface area (Å²) in [4.78, 5) is 11.5. The molecule has 0 N–H and O–H groups in total. The van der Waals surface area contributed by atoms with Crippen molar-refractivity contribution in [2.75, 3.05) is 0 Å². The maximum Gasteiger partial charge on any atom is 0.153 e. The van der Waals surface area contributed by atoms with E-state index in [9.17, 15) is 4.79 Å². The third kappa shape index (κ3) is 1.40. The van der Waals surface area contributed by atoms with E-state index >= 15 is 0 Å². The molecule has 0 spiro atoms. The van der Waals surface area contributed by atoms with Gasteiger partial charge in [-0.15, -0.1) is 6.58 Å². The molecule has 1 aliphatic carbocycles. The van der Waals surface area contributed by atoms with Crippen LogP contribution < -0.4 is 0 Å². The van der Waals surface area contributed by atoms with Gasteiger partial charge in [-0.25, -0.2) is 0 Å². The molecule has 0 unspecified atom stereocenters. The van der Waals surface area contributed by atoms with Gasteiger partial charge in [0.1, 0.15) is 5.41 Å². The molecular formula is C10H13NO. The molecule has 0 aromatic heterocycles. The Morgan fingerprint density at radius 1 is 1.67 bits per heavy atom. The summed E-state index contributed by atoms with van der Waals surface area (Å²) in [7, 11) is 0. The fourth-order valence-corrected chi connectivity index (χ4v) is 1.72. The highest BCUT2D eigenvalue weighted by Crippen LogP contribution is 2.35. The van der Waals surface area contributed by atoms with Crippen LogP contribution in [-0.4, -0.2) is 5.78 Å². The van der Waals surface area contributed by atoms with Gasteiger partial charge in [0.15, 0.2) is 5.78 Å². The lowest BCUT2D eigenvalue weighted by Crippen LogP contribution is -2.32. The Bertz CT molecular complexity index is 239. The predicted octanol–water partition coefficient (Wildman–Crippen LogP) is 2.22. The molecule has 64 valence electrons. The van der Waals surface area contributed by atoms with Crippen LogP contribution in [0, 0.1) is 16.7 Å². The fourth-order valence-electron chi connectivity index (χ4n) is 1.72. The van der Waals surface area contributed by atoms with Crippen LogP contribution in [0.25, 0.3) is 0 Å². The number of hydrogen-bond donors (Lipinski definition) is 0. The van der Waals surface area contributed by atoms with E-state index in [4.69, 9.17) is 5.26 Å². The van der Waals surface area contributed by atoms with Crippen LogP contribution in [0.1, 0.15) is 32.1 Å². The van der Waals surface area contributed by atoms with Crippen molar-refractivity contribution < 1.29 is 4.79 Å². The highest BCUT2D eigenvalue weighted by molar-refractivity contribution is 5.88. The molecule has 2 heteroatoms. The van der Waals surface area contributed by atoms with Gasteiger partial charge in [0, 0.05) is 6.42 Å². The molecule has 0 radical (unpaired) electrons. The second kappa shape index (κ2) is 3.53. The first kappa shape index (κ1) is 8.99. The van der Waals surface area contributed by atoms with Gasteiger partial charge in [0.25, 0.3) is 0 Å². The van der Waals surface area contributed by atoms with Crippen molar-refractivity contribution in [3.05, 3.63) is 12.7 Å². The topological polar surface area (TPSA) is 40.9 Å². The molecule has 12 heavy (non-hydrogen) atoms. The number of carbonyl (C=O) groups is 1. The SMILES string of the molecule is C=CC[C@@]1(C#N)CCCCC1=O. The van der Waals surface area contributed by atoms with Crippen LogP contribution in [0.5, 0.6) is 0 Å². The lowest BCUT2D eigenvalue weighted by Gasteiger charge is -2.27. The number of nitrogens with zero attached hydrogens (tertiary/aromatic N) is 1. The van der Waals surface area contributed by atoms with Crippen LogP contribution >= 0.6 is 0 Å². The first-order valence-corrected chi connectivity index (χ1v) is 4.30. The zero-order valence-electron chi connectivity index (χ0n) is 7.18. The Balaban J connectivity index is 2.82. The van der Waals surface area contributed by atoms with Gasteiger partial charge >= 0.3 is 0 Å². The molecule has 0 bridgehead atoms. The van der Waals surface area contributed by atoms with E-state index in [-0.39, 0.29) is 5.78 Å². The van der Waals surface area contributed by atoms with Crippen LogP contribution in [0.4, 0.5) is 0 Å².